The Morgan fingerprint density at radius 3 is 2.78 bits per heavy atom. The summed E-state index contributed by atoms with van der Waals surface area (Å²) in [5, 5.41) is 3.03. The van der Waals surface area contributed by atoms with Crippen LogP contribution in [-0.2, 0) is 4.79 Å². The minimum Gasteiger partial charge on any atom is -0.374 e. The van der Waals surface area contributed by atoms with Gasteiger partial charge in [-0.2, -0.15) is 0 Å². The average Bonchev–Trinajstić information content (AvgIpc) is 3.05. The number of nitrogens with two attached hydrogens (primary N) is 1. The van der Waals surface area contributed by atoms with Crippen molar-refractivity contribution in [3.05, 3.63) is 29.8 Å². The second-order valence-electron chi connectivity index (χ2n) is 6.49. The van der Waals surface area contributed by atoms with Crippen LogP contribution >= 0.6 is 0 Å². The molecule has 6 heteroatoms. The SMILES string of the molecule is CN1CC[C@@H](CNC(=O)N2CC[C@@H](C(N)=O)C2)c2ccccc21. The van der Waals surface area contributed by atoms with Gasteiger partial charge < -0.3 is 20.9 Å². The van der Waals surface area contributed by atoms with Crippen molar-refractivity contribution in [2.75, 3.05) is 38.1 Å². The van der Waals surface area contributed by atoms with Crippen LogP contribution in [-0.4, -0.2) is 50.1 Å². The molecule has 3 amide bonds. The molecule has 3 N–H and O–H groups in total. The first-order valence-corrected chi connectivity index (χ1v) is 8.18. The van der Waals surface area contributed by atoms with E-state index in [0.717, 1.165) is 13.0 Å². The summed E-state index contributed by atoms with van der Waals surface area (Å²) in [6.07, 6.45) is 1.69. The molecule has 0 aromatic heterocycles. The molecule has 0 spiro atoms. The Morgan fingerprint density at radius 1 is 1.26 bits per heavy atom. The minimum atomic E-state index is -0.315. The number of amides is 3. The Balaban J connectivity index is 1.58. The Bertz CT molecular complexity index is 604. The molecule has 0 bridgehead atoms. The van der Waals surface area contributed by atoms with E-state index in [2.05, 4.69) is 29.4 Å². The van der Waals surface area contributed by atoms with Gasteiger partial charge in [0.2, 0.25) is 5.91 Å². The summed E-state index contributed by atoms with van der Waals surface area (Å²) < 4.78 is 0. The number of benzene rings is 1. The van der Waals surface area contributed by atoms with Crippen molar-refractivity contribution in [1.82, 2.24) is 10.2 Å². The number of nitrogens with one attached hydrogen (secondary N) is 1. The molecule has 2 aliphatic rings. The predicted octanol–water partition coefficient (Wildman–Crippen LogP) is 1.13. The first-order chi connectivity index (χ1) is 11.1. The van der Waals surface area contributed by atoms with E-state index in [1.165, 1.54) is 11.3 Å². The van der Waals surface area contributed by atoms with Crippen LogP contribution < -0.4 is 16.0 Å². The molecule has 0 unspecified atom stereocenters. The number of rotatable bonds is 3. The Hall–Kier alpha value is -2.24. The van der Waals surface area contributed by atoms with Gasteiger partial charge in [-0.1, -0.05) is 18.2 Å². The highest BCUT2D eigenvalue weighted by Gasteiger charge is 2.30. The first-order valence-electron chi connectivity index (χ1n) is 8.18. The number of anilines is 1. The maximum atomic E-state index is 12.3. The molecule has 0 saturated carbocycles. The molecule has 1 aromatic carbocycles. The van der Waals surface area contributed by atoms with E-state index in [9.17, 15) is 9.59 Å². The largest absolute Gasteiger partial charge is 0.374 e. The maximum absolute atomic E-state index is 12.3. The summed E-state index contributed by atoms with van der Waals surface area (Å²) in [6, 6.07) is 8.27. The van der Waals surface area contributed by atoms with E-state index in [0.29, 0.717) is 32.0 Å². The highest BCUT2D eigenvalue weighted by molar-refractivity contribution is 5.80. The number of hydrogen-bond donors (Lipinski definition) is 2. The zero-order chi connectivity index (χ0) is 16.4. The predicted molar refractivity (Wildman–Crippen MR) is 89.3 cm³/mol. The van der Waals surface area contributed by atoms with Crippen LogP contribution in [0.5, 0.6) is 0 Å². The molecule has 6 nitrogen and oxygen atoms in total. The number of hydrogen-bond acceptors (Lipinski definition) is 3. The van der Waals surface area contributed by atoms with Crippen LogP contribution in [0.25, 0.3) is 0 Å². The third-order valence-corrected chi connectivity index (χ3v) is 4.98. The molecule has 0 aliphatic carbocycles. The van der Waals surface area contributed by atoms with Crippen molar-refractivity contribution in [3.63, 3.8) is 0 Å². The summed E-state index contributed by atoms with van der Waals surface area (Å²) in [6.45, 7) is 2.65. The standard InChI is InChI=1S/C17H24N4O2/c1-20-8-6-12(14-4-2-3-5-15(14)20)10-19-17(23)21-9-7-13(11-21)16(18)22/h2-5,12-13H,6-11H2,1H3,(H2,18,22)(H,19,23)/t12-,13+/m0/s1. The molecule has 1 fully saturated rings. The van der Waals surface area contributed by atoms with Crippen molar-refractivity contribution in [1.29, 1.82) is 0 Å². The van der Waals surface area contributed by atoms with Crippen LogP contribution in [0.1, 0.15) is 24.3 Å². The van der Waals surface area contributed by atoms with Gasteiger partial charge >= 0.3 is 6.03 Å². The zero-order valence-electron chi connectivity index (χ0n) is 13.5. The second-order valence-corrected chi connectivity index (χ2v) is 6.49. The van der Waals surface area contributed by atoms with Gasteiger partial charge in [-0.15, -0.1) is 0 Å². The van der Waals surface area contributed by atoms with Crippen LogP contribution in [0.15, 0.2) is 24.3 Å². The van der Waals surface area contributed by atoms with Gasteiger partial charge in [0.15, 0.2) is 0 Å². The summed E-state index contributed by atoms with van der Waals surface area (Å²) in [5.74, 6) is -0.185. The Labute approximate surface area is 136 Å². The molecule has 0 radical (unpaired) electrons. The number of carbonyl (C=O) groups is 2. The van der Waals surface area contributed by atoms with Crippen molar-refractivity contribution in [2.24, 2.45) is 11.7 Å². The van der Waals surface area contributed by atoms with Crippen LogP contribution in [0.2, 0.25) is 0 Å². The highest BCUT2D eigenvalue weighted by atomic mass is 16.2. The third kappa shape index (κ3) is 3.25. The molecular weight excluding hydrogens is 292 g/mol. The monoisotopic (exact) mass is 316 g/mol. The van der Waals surface area contributed by atoms with Crippen LogP contribution in [0.4, 0.5) is 10.5 Å². The van der Waals surface area contributed by atoms with Gasteiger partial charge in [0.1, 0.15) is 0 Å². The van der Waals surface area contributed by atoms with Gasteiger partial charge in [0, 0.05) is 44.8 Å². The fraction of sp³-hybridized carbons (Fsp3) is 0.529. The van der Waals surface area contributed by atoms with Gasteiger partial charge in [0.05, 0.1) is 5.92 Å². The lowest BCUT2D eigenvalue weighted by molar-refractivity contribution is -0.121. The van der Waals surface area contributed by atoms with Crippen molar-refractivity contribution in [3.8, 4) is 0 Å². The number of likely N-dealkylation sites (tertiary alicyclic amines) is 1. The number of carbonyl (C=O) groups excluding carboxylic acids is 2. The number of nitrogens with zero attached hydrogens (tertiary/aromatic N) is 2. The quantitative estimate of drug-likeness (QED) is 0.877. The average molecular weight is 316 g/mol. The van der Waals surface area contributed by atoms with Gasteiger partial charge in [-0.3, -0.25) is 4.79 Å². The molecule has 2 aliphatic heterocycles. The number of para-hydroxylation sites is 1. The van der Waals surface area contributed by atoms with E-state index in [-0.39, 0.29) is 17.9 Å². The van der Waals surface area contributed by atoms with E-state index in [4.69, 9.17) is 5.73 Å². The normalized spacial score (nSPS) is 23.5. The number of urea groups is 1. The third-order valence-electron chi connectivity index (χ3n) is 4.98. The van der Waals surface area contributed by atoms with Crippen molar-refractivity contribution < 1.29 is 9.59 Å². The minimum absolute atomic E-state index is 0.0924. The van der Waals surface area contributed by atoms with Crippen molar-refractivity contribution in [2.45, 2.75) is 18.8 Å². The van der Waals surface area contributed by atoms with Crippen LogP contribution in [0.3, 0.4) is 0 Å². The fourth-order valence-electron chi connectivity index (χ4n) is 3.52. The maximum Gasteiger partial charge on any atom is 0.317 e. The lowest BCUT2D eigenvalue weighted by Crippen LogP contribution is -2.42. The summed E-state index contributed by atoms with van der Waals surface area (Å²) >= 11 is 0. The van der Waals surface area contributed by atoms with E-state index in [1.54, 1.807) is 4.90 Å². The molecule has 2 atom stereocenters. The smallest absolute Gasteiger partial charge is 0.317 e. The first kappa shape index (κ1) is 15.6. The Morgan fingerprint density at radius 2 is 2.04 bits per heavy atom. The molecule has 1 aromatic rings. The fourth-order valence-corrected chi connectivity index (χ4v) is 3.52. The zero-order valence-corrected chi connectivity index (χ0v) is 13.5. The van der Waals surface area contributed by atoms with E-state index >= 15 is 0 Å². The van der Waals surface area contributed by atoms with Crippen molar-refractivity contribution >= 4 is 17.6 Å². The van der Waals surface area contributed by atoms with E-state index < -0.39 is 0 Å². The lowest BCUT2D eigenvalue weighted by atomic mass is 9.90. The van der Waals surface area contributed by atoms with Gasteiger partial charge in [-0.25, -0.2) is 4.79 Å². The molecule has 124 valence electrons. The molecule has 3 rings (SSSR count). The molecular formula is C17H24N4O2. The molecule has 1 saturated heterocycles. The van der Waals surface area contributed by atoms with Gasteiger partial charge in [0.25, 0.3) is 0 Å². The Kier molecular flexibility index (Phi) is 4.41. The molecule has 2 heterocycles. The highest BCUT2D eigenvalue weighted by Crippen LogP contribution is 2.33. The van der Waals surface area contributed by atoms with Crippen LogP contribution in [0, 0.1) is 5.92 Å². The lowest BCUT2D eigenvalue weighted by Gasteiger charge is -2.33. The number of fused-ring (bicyclic) bond motifs is 1. The summed E-state index contributed by atoms with van der Waals surface area (Å²) in [4.78, 5) is 27.4. The topological polar surface area (TPSA) is 78.7 Å². The van der Waals surface area contributed by atoms with Gasteiger partial charge in [-0.05, 0) is 24.5 Å². The summed E-state index contributed by atoms with van der Waals surface area (Å²) in [5.41, 5.74) is 7.85. The second kappa shape index (κ2) is 6.48. The van der Waals surface area contributed by atoms with E-state index in [1.807, 2.05) is 12.1 Å². The number of primary amides is 1. The molecule has 23 heavy (non-hydrogen) atoms. The summed E-state index contributed by atoms with van der Waals surface area (Å²) in [7, 11) is 2.10.